The van der Waals surface area contributed by atoms with Crippen LogP contribution in [0.15, 0.2) is 30.3 Å². The zero-order valence-corrected chi connectivity index (χ0v) is 11.3. The van der Waals surface area contributed by atoms with Crippen LogP contribution in [0, 0.1) is 5.92 Å². The van der Waals surface area contributed by atoms with Gasteiger partial charge in [-0.1, -0.05) is 30.3 Å². The van der Waals surface area contributed by atoms with Crippen molar-refractivity contribution in [1.82, 2.24) is 9.80 Å². The van der Waals surface area contributed by atoms with Gasteiger partial charge in [0.2, 0.25) is 5.91 Å². The average Bonchev–Trinajstić information content (AvgIpc) is 2.39. The highest BCUT2D eigenvalue weighted by atomic mass is 16.2. The number of hydrogen-bond donors (Lipinski definition) is 0. The van der Waals surface area contributed by atoms with Gasteiger partial charge in [-0.05, 0) is 32.0 Å². The van der Waals surface area contributed by atoms with Gasteiger partial charge in [0.1, 0.15) is 0 Å². The molecule has 1 aliphatic heterocycles. The topological polar surface area (TPSA) is 23.6 Å². The number of amides is 1. The third-order valence-corrected chi connectivity index (χ3v) is 3.61. The van der Waals surface area contributed by atoms with E-state index in [4.69, 9.17) is 0 Å². The van der Waals surface area contributed by atoms with Gasteiger partial charge >= 0.3 is 0 Å². The van der Waals surface area contributed by atoms with Crippen LogP contribution < -0.4 is 0 Å². The van der Waals surface area contributed by atoms with Crippen LogP contribution in [0.1, 0.15) is 18.4 Å². The summed E-state index contributed by atoms with van der Waals surface area (Å²) in [5, 5.41) is 0. The molecule has 1 amide bonds. The Morgan fingerprint density at radius 1 is 1.39 bits per heavy atom. The zero-order chi connectivity index (χ0) is 13.0. The molecule has 1 aromatic rings. The third kappa shape index (κ3) is 3.33. The summed E-state index contributed by atoms with van der Waals surface area (Å²) in [5.41, 5.74) is 1.19. The summed E-state index contributed by atoms with van der Waals surface area (Å²) in [6.07, 6.45) is 2.16. The normalized spacial score (nSPS) is 20.7. The molecule has 0 bridgehead atoms. The second kappa shape index (κ2) is 6.01. The predicted octanol–water partition coefficient (Wildman–Crippen LogP) is 1.99. The van der Waals surface area contributed by atoms with E-state index < -0.39 is 0 Å². The van der Waals surface area contributed by atoms with E-state index in [2.05, 4.69) is 24.1 Å². The molecule has 0 spiro atoms. The van der Waals surface area contributed by atoms with Crippen molar-refractivity contribution < 1.29 is 4.79 Å². The van der Waals surface area contributed by atoms with E-state index in [1.807, 2.05) is 30.1 Å². The maximum absolute atomic E-state index is 12.3. The van der Waals surface area contributed by atoms with E-state index in [0.717, 1.165) is 25.9 Å². The van der Waals surface area contributed by atoms with Crippen molar-refractivity contribution in [2.24, 2.45) is 5.92 Å². The SMILES string of the molecule is CN1CCC[C@@H](C(=O)N(C)Cc2ccccc2)C1. The number of nitrogens with zero attached hydrogens (tertiary/aromatic N) is 2. The maximum Gasteiger partial charge on any atom is 0.227 e. The molecule has 2 rings (SSSR count). The molecular formula is C15H22N2O. The van der Waals surface area contributed by atoms with Gasteiger partial charge in [-0.2, -0.15) is 0 Å². The molecule has 0 saturated carbocycles. The summed E-state index contributed by atoms with van der Waals surface area (Å²) in [6.45, 7) is 2.73. The molecule has 0 unspecified atom stereocenters. The van der Waals surface area contributed by atoms with E-state index >= 15 is 0 Å². The van der Waals surface area contributed by atoms with E-state index in [1.165, 1.54) is 5.56 Å². The molecule has 1 heterocycles. The van der Waals surface area contributed by atoms with Crippen molar-refractivity contribution in [2.75, 3.05) is 27.2 Å². The lowest BCUT2D eigenvalue weighted by Crippen LogP contribution is -2.41. The fourth-order valence-electron chi connectivity index (χ4n) is 2.61. The number of carbonyl (C=O) groups excluding carboxylic acids is 1. The molecule has 1 aromatic carbocycles. The van der Waals surface area contributed by atoms with Crippen LogP contribution in [0.2, 0.25) is 0 Å². The summed E-state index contributed by atoms with van der Waals surface area (Å²) in [6, 6.07) is 10.2. The lowest BCUT2D eigenvalue weighted by atomic mass is 9.97. The first kappa shape index (κ1) is 13.1. The third-order valence-electron chi connectivity index (χ3n) is 3.61. The monoisotopic (exact) mass is 246 g/mol. The van der Waals surface area contributed by atoms with Gasteiger partial charge < -0.3 is 9.80 Å². The molecular weight excluding hydrogens is 224 g/mol. The number of hydrogen-bond acceptors (Lipinski definition) is 2. The smallest absolute Gasteiger partial charge is 0.227 e. The van der Waals surface area contributed by atoms with Crippen molar-refractivity contribution >= 4 is 5.91 Å². The number of likely N-dealkylation sites (tertiary alicyclic amines) is 1. The molecule has 1 fully saturated rings. The number of benzene rings is 1. The van der Waals surface area contributed by atoms with E-state index in [1.54, 1.807) is 0 Å². The van der Waals surface area contributed by atoms with E-state index in [9.17, 15) is 4.79 Å². The molecule has 18 heavy (non-hydrogen) atoms. The fourth-order valence-corrected chi connectivity index (χ4v) is 2.61. The Balaban J connectivity index is 1.92. The highest BCUT2D eigenvalue weighted by Crippen LogP contribution is 2.18. The van der Waals surface area contributed by atoms with Crippen molar-refractivity contribution in [1.29, 1.82) is 0 Å². The number of rotatable bonds is 3. The molecule has 3 heteroatoms. The Bertz CT molecular complexity index is 391. The summed E-state index contributed by atoms with van der Waals surface area (Å²) in [5.74, 6) is 0.461. The van der Waals surface area contributed by atoms with E-state index in [-0.39, 0.29) is 11.8 Å². The second-order valence-corrected chi connectivity index (χ2v) is 5.28. The van der Waals surface area contributed by atoms with Crippen LogP contribution in [0.25, 0.3) is 0 Å². The molecule has 3 nitrogen and oxygen atoms in total. The predicted molar refractivity (Wildman–Crippen MR) is 73.1 cm³/mol. The fraction of sp³-hybridized carbons (Fsp3) is 0.533. The first-order valence-electron chi connectivity index (χ1n) is 6.64. The van der Waals surface area contributed by atoms with Crippen LogP contribution in [-0.4, -0.2) is 42.9 Å². The van der Waals surface area contributed by atoms with Gasteiger partial charge in [-0.25, -0.2) is 0 Å². The highest BCUT2D eigenvalue weighted by Gasteiger charge is 2.26. The average molecular weight is 246 g/mol. The lowest BCUT2D eigenvalue weighted by molar-refractivity contribution is -0.136. The molecule has 1 aliphatic rings. The number of carbonyl (C=O) groups is 1. The Morgan fingerprint density at radius 2 is 2.11 bits per heavy atom. The van der Waals surface area contributed by atoms with Gasteiger partial charge in [0.25, 0.3) is 0 Å². The molecule has 0 aromatic heterocycles. The Kier molecular flexibility index (Phi) is 4.37. The molecule has 0 radical (unpaired) electrons. The quantitative estimate of drug-likeness (QED) is 0.814. The highest BCUT2D eigenvalue weighted by molar-refractivity contribution is 5.78. The molecule has 98 valence electrons. The van der Waals surface area contributed by atoms with Crippen molar-refractivity contribution in [3.05, 3.63) is 35.9 Å². The molecule has 0 N–H and O–H groups in total. The van der Waals surface area contributed by atoms with Crippen molar-refractivity contribution in [3.8, 4) is 0 Å². The minimum atomic E-state index is 0.178. The maximum atomic E-state index is 12.3. The van der Waals surface area contributed by atoms with Gasteiger partial charge in [0.15, 0.2) is 0 Å². The minimum Gasteiger partial charge on any atom is -0.341 e. The van der Waals surface area contributed by atoms with Crippen LogP contribution in [0.5, 0.6) is 0 Å². The van der Waals surface area contributed by atoms with Crippen molar-refractivity contribution in [2.45, 2.75) is 19.4 Å². The Hall–Kier alpha value is -1.35. The first-order chi connectivity index (χ1) is 8.66. The second-order valence-electron chi connectivity index (χ2n) is 5.28. The van der Waals surface area contributed by atoms with Gasteiger partial charge in [0, 0.05) is 20.1 Å². The van der Waals surface area contributed by atoms with Crippen LogP contribution in [0.4, 0.5) is 0 Å². The largest absolute Gasteiger partial charge is 0.341 e. The van der Waals surface area contributed by atoms with Gasteiger partial charge in [-0.3, -0.25) is 4.79 Å². The van der Waals surface area contributed by atoms with Gasteiger partial charge in [0.05, 0.1) is 5.92 Å². The van der Waals surface area contributed by atoms with E-state index in [0.29, 0.717) is 6.54 Å². The van der Waals surface area contributed by atoms with Gasteiger partial charge in [-0.15, -0.1) is 0 Å². The lowest BCUT2D eigenvalue weighted by Gasteiger charge is -2.31. The molecule has 1 atom stereocenters. The van der Waals surface area contributed by atoms with Crippen LogP contribution in [0.3, 0.4) is 0 Å². The summed E-state index contributed by atoms with van der Waals surface area (Å²) in [4.78, 5) is 16.5. The van der Waals surface area contributed by atoms with Crippen molar-refractivity contribution in [3.63, 3.8) is 0 Å². The molecule has 0 aliphatic carbocycles. The summed E-state index contributed by atoms with van der Waals surface area (Å²) < 4.78 is 0. The standard InChI is InChI=1S/C15H22N2O/c1-16-10-6-9-14(12-16)15(18)17(2)11-13-7-4-3-5-8-13/h3-5,7-8,14H,6,9-12H2,1-2H3/t14-/m1/s1. The summed E-state index contributed by atoms with van der Waals surface area (Å²) in [7, 11) is 4.00. The zero-order valence-electron chi connectivity index (χ0n) is 11.3. The summed E-state index contributed by atoms with van der Waals surface area (Å²) >= 11 is 0. The van der Waals surface area contributed by atoms with Crippen LogP contribution in [-0.2, 0) is 11.3 Å². The number of piperidine rings is 1. The Labute approximate surface area is 109 Å². The first-order valence-corrected chi connectivity index (χ1v) is 6.64. The van der Waals surface area contributed by atoms with Crippen LogP contribution >= 0.6 is 0 Å². The minimum absolute atomic E-state index is 0.178. The Morgan fingerprint density at radius 3 is 2.78 bits per heavy atom. The molecule has 1 saturated heterocycles.